The highest BCUT2D eigenvalue weighted by Crippen LogP contribution is 2.27. The molecule has 2 aromatic heterocycles. The van der Waals surface area contributed by atoms with Crippen LogP contribution in [-0.2, 0) is 16.0 Å². The minimum atomic E-state index is -1.23. The molecule has 4 N–H and O–H groups in total. The first-order chi connectivity index (χ1) is 19.2. The zero-order valence-corrected chi connectivity index (χ0v) is 21.6. The normalized spacial score (nSPS) is 12.7. The Morgan fingerprint density at radius 1 is 1.02 bits per heavy atom. The molecule has 0 aliphatic rings. The Morgan fingerprint density at radius 3 is 2.50 bits per heavy atom. The van der Waals surface area contributed by atoms with Gasteiger partial charge in [-0.2, -0.15) is 0 Å². The summed E-state index contributed by atoms with van der Waals surface area (Å²) in [6, 6.07) is 17.1. The summed E-state index contributed by atoms with van der Waals surface area (Å²) in [5, 5.41) is 23.4. The topological polar surface area (TPSA) is 151 Å². The predicted molar refractivity (Wildman–Crippen MR) is 148 cm³/mol. The van der Waals surface area contributed by atoms with Gasteiger partial charge in [-0.3, -0.25) is 4.79 Å². The number of carbonyl (C=O) groups excluding carboxylic acids is 1. The number of benzene rings is 3. The smallest absolute Gasteiger partial charge is 0.344 e. The number of nitrogens with one attached hydrogen (secondary N) is 2. The van der Waals surface area contributed by atoms with Crippen LogP contribution in [0.15, 0.2) is 82.1 Å². The second-order valence-electron chi connectivity index (χ2n) is 9.28. The zero-order valence-electron chi connectivity index (χ0n) is 21.6. The Kier molecular flexibility index (Phi) is 7.15. The van der Waals surface area contributed by atoms with Gasteiger partial charge in [-0.05, 0) is 66.6 Å². The average Bonchev–Trinajstić information content (AvgIpc) is 3.33. The van der Waals surface area contributed by atoms with Crippen LogP contribution in [0.1, 0.15) is 12.5 Å². The number of hydrogen-bond donors (Lipinski definition) is 4. The number of aromatic nitrogens is 1. The van der Waals surface area contributed by atoms with Gasteiger partial charge in [0.05, 0.1) is 12.7 Å². The quantitative estimate of drug-likeness (QED) is 0.202. The molecule has 0 bridgehead atoms. The number of methoxy groups -OCH3 is 1. The number of fused-ring (bicyclic) bond motifs is 2. The van der Waals surface area contributed by atoms with Gasteiger partial charge in [0.15, 0.2) is 6.10 Å². The molecule has 10 heteroatoms. The van der Waals surface area contributed by atoms with Crippen LogP contribution in [0.3, 0.4) is 0 Å². The Hall–Kier alpha value is -5.25. The number of aromatic amines is 1. The van der Waals surface area contributed by atoms with Crippen molar-refractivity contribution in [1.82, 2.24) is 10.3 Å². The van der Waals surface area contributed by atoms with Crippen molar-refractivity contribution < 1.29 is 33.7 Å². The predicted octanol–water partition coefficient (Wildman–Crippen LogP) is 4.23. The van der Waals surface area contributed by atoms with E-state index in [0.717, 1.165) is 5.52 Å². The largest absolute Gasteiger partial charge is 0.508 e. The van der Waals surface area contributed by atoms with Gasteiger partial charge in [-0.25, -0.2) is 9.59 Å². The molecule has 0 radical (unpaired) electrons. The van der Waals surface area contributed by atoms with Gasteiger partial charge in [0.2, 0.25) is 0 Å². The highest BCUT2D eigenvalue weighted by Gasteiger charge is 2.25. The van der Waals surface area contributed by atoms with Crippen LogP contribution in [0, 0.1) is 0 Å². The van der Waals surface area contributed by atoms with E-state index in [0.29, 0.717) is 33.2 Å². The minimum Gasteiger partial charge on any atom is -0.508 e. The highest BCUT2D eigenvalue weighted by atomic mass is 16.5. The number of amides is 1. The lowest BCUT2D eigenvalue weighted by Gasteiger charge is -2.19. The van der Waals surface area contributed by atoms with Crippen molar-refractivity contribution in [3.05, 3.63) is 88.9 Å². The van der Waals surface area contributed by atoms with E-state index in [1.165, 1.54) is 25.1 Å². The molecule has 3 aromatic carbocycles. The standard InChI is InChI=1S/C30H26N2O8/c1-16(28(34)32-26(29(35)36)12-19-15-31-25-10-6-20(33)13-23(19)25)39-22-9-5-18-11-24(30(37)40-27(18)14-22)17-3-7-21(38-2)8-4-17/h3-11,13-16,26,31,33H,12H2,1-2H3,(H,32,34)(H,35,36)/t16-,26+/m1/s1. The number of aliphatic carboxylic acids is 1. The minimum absolute atomic E-state index is 0.00505. The lowest BCUT2D eigenvalue weighted by Crippen LogP contribution is -2.47. The van der Waals surface area contributed by atoms with Crippen LogP contribution < -0.4 is 20.4 Å². The highest BCUT2D eigenvalue weighted by molar-refractivity contribution is 5.89. The fraction of sp³-hybridized carbons (Fsp3) is 0.167. The second-order valence-corrected chi connectivity index (χ2v) is 9.28. The van der Waals surface area contributed by atoms with E-state index in [4.69, 9.17) is 13.9 Å². The van der Waals surface area contributed by atoms with Gasteiger partial charge in [0, 0.05) is 35.0 Å². The summed E-state index contributed by atoms with van der Waals surface area (Å²) in [5.74, 6) is -0.854. The lowest BCUT2D eigenvalue weighted by atomic mass is 10.0. The molecule has 5 aromatic rings. The number of hydrogen-bond acceptors (Lipinski definition) is 7. The van der Waals surface area contributed by atoms with E-state index in [-0.39, 0.29) is 23.5 Å². The Labute approximate surface area is 227 Å². The van der Waals surface area contributed by atoms with E-state index >= 15 is 0 Å². The van der Waals surface area contributed by atoms with Gasteiger partial charge in [-0.15, -0.1) is 0 Å². The maximum Gasteiger partial charge on any atom is 0.344 e. The number of aromatic hydroxyl groups is 1. The molecule has 0 fully saturated rings. The first-order valence-electron chi connectivity index (χ1n) is 12.4. The molecule has 0 saturated heterocycles. The molecule has 1 amide bonds. The summed E-state index contributed by atoms with van der Waals surface area (Å²) in [5.41, 5.74) is 2.18. The molecule has 0 spiro atoms. The molecule has 40 heavy (non-hydrogen) atoms. The molecule has 2 heterocycles. The number of phenolic OH excluding ortho intramolecular Hbond substituents is 1. The third kappa shape index (κ3) is 5.46. The molecule has 204 valence electrons. The fourth-order valence-corrected chi connectivity index (χ4v) is 4.44. The lowest BCUT2D eigenvalue weighted by molar-refractivity contribution is -0.142. The molecule has 0 aliphatic carbocycles. The monoisotopic (exact) mass is 542 g/mol. The van der Waals surface area contributed by atoms with Gasteiger partial charge in [0.1, 0.15) is 28.9 Å². The molecule has 0 aliphatic heterocycles. The summed E-state index contributed by atoms with van der Waals surface area (Å²) >= 11 is 0. The first kappa shape index (κ1) is 26.4. The number of rotatable bonds is 9. The molecular formula is C30H26N2O8. The number of carbonyl (C=O) groups is 2. The summed E-state index contributed by atoms with van der Waals surface area (Å²) in [7, 11) is 1.56. The molecule has 5 rings (SSSR count). The molecule has 2 atom stereocenters. The second kappa shape index (κ2) is 10.9. The van der Waals surface area contributed by atoms with Crippen molar-refractivity contribution in [2.24, 2.45) is 0 Å². The summed E-state index contributed by atoms with van der Waals surface area (Å²) < 4.78 is 16.4. The summed E-state index contributed by atoms with van der Waals surface area (Å²) in [4.78, 5) is 40.5. The number of carboxylic acid groups (broad SMARTS) is 1. The van der Waals surface area contributed by atoms with Crippen molar-refractivity contribution in [3.8, 4) is 28.4 Å². The first-order valence-corrected chi connectivity index (χ1v) is 12.4. The van der Waals surface area contributed by atoms with Gasteiger partial charge in [-0.1, -0.05) is 12.1 Å². The van der Waals surface area contributed by atoms with Crippen molar-refractivity contribution in [2.45, 2.75) is 25.5 Å². The van der Waals surface area contributed by atoms with Crippen LogP contribution in [0.4, 0.5) is 0 Å². The van der Waals surface area contributed by atoms with E-state index < -0.39 is 29.6 Å². The summed E-state index contributed by atoms with van der Waals surface area (Å²) in [6.45, 7) is 1.49. The maximum atomic E-state index is 12.8. The molecule has 10 nitrogen and oxygen atoms in total. The van der Waals surface area contributed by atoms with E-state index in [1.807, 2.05) is 0 Å². The fourth-order valence-electron chi connectivity index (χ4n) is 4.44. The third-order valence-electron chi connectivity index (χ3n) is 6.58. The Bertz CT molecular complexity index is 1770. The Balaban J connectivity index is 1.29. The third-order valence-corrected chi connectivity index (χ3v) is 6.58. The van der Waals surface area contributed by atoms with E-state index in [1.54, 1.807) is 61.8 Å². The van der Waals surface area contributed by atoms with Gasteiger partial charge >= 0.3 is 11.6 Å². The van der Waals surface area contributed by atoms with Crippen LogP contribution in [0.2, 0.25) is 0 Å². The zero-order chi connectivity index (χ0) is 28.4. The van der Waals surface area contributed by atoms with E-state index in [2.05, 4.69) is 10.3 Å². The number of carboxylic acids is 1. The molecular weight excluding hydrogens is 516 g/mol. The van der Waals surface area contributed by atoms with Crippen LogP contribution in [-0.4, -0.2) is 46.3 Å². The number of phenols is 1. The number of H-pyrrole nitrogens is 1. The maximum absolute atomic E-state index is 12.8. The van der Waals surface area contributed by atoms with Crippen LogP contribution >= 0.6 is 0 Å². The van der Waals surface area contributed by atoms with Gasteiger partial charge < -0.3 is 34.4 Å². The molecule has 0 saturated carbocycles. The van der Waals surface area contributed by atoms with Crippen LogP contribution in [0.5, 0.6) is 17.2 Å². The molecule has 0 unspecified atom stereocenters. The average molecular weight is 543 g/mol. The van der Waals surface area contributed by atoms with Crippen molar-refractivity contribution in [3.63, 3.8) is 0 Å². The van der Waals surface area contributed by atoms with E-state index in [9.17, 15) is 24.6 Å². The van der Waals surface area contributed by atoms with Crippen molar-refractivity contribution in [1.29, 1.82) is 0 Å². The SMILES string of the molecule is COc1ccc(-c2cc3ccc(O[C@H](C)C(=O)N[C@@H](Cc4c[nH]c5ccc(O)cc45)C(=O)O)cc3oc2=O)cc1. The van der Waals surface area contributed by atoms with Crippen LogP contribution in [0.25, 0.3) is 33.0 Å². The summed E-state index contributed by atoms with van der Waals surface area (Å²) in [6.07, 6.45) is 0.598. The number of ether oxygens (including phenoxy) is 2. The van der Waals surface area contributed by atoms with Crippen molar-refractivity contribution >= 4 is 33.7 Å². The Morgan fingerprint density at radius 2 is 1.77 bits per heavy atom. The van der Waals surface area contributed by atoms with Crippen molar-refractivity contribution in [2.75, 3.05) is 7.11 Å². The van der Waals surface area contributed by atoms with Gasteiger partial charge in [0.25, 0.3) is 5.91 Å².